The highest BCUT2D eigenvalue weighted by molar-refractivity contribution is 6.34. The molecule has 1 saturated heterocycles. The number of carbonyl (C=O) groups excluding carboxylic acids is 1. The van der Waals surface area contributed by atoms with E-state index in [-0.39, 0.29) is 11.9 Å². The van der Waals surface area contributed by atoms with Crippen molar-refractivity contribution in [2.45, 2.75) is 18.9 Å². The van der Waals surface area contributed by atoms with Gasteiger partial charge in [-0.25, -0.2) is 0 Å². The van der Waals surface area contributed by atoms with Crippen LogP contribution in [0.2, 0.25) is 5.15 Å². The van der Waals surface area contributed by atoms with E-state index in [2.05, 4.69) is 15.5 Å². The van der Waals surface area contributed by atoms with Crippen molar-refractivity contribution in [3.8, 4) is 0 Å². The van der Waals surface area contributed by atoms with Crippen LogP contribution in [0.25, 0.3) is 10.8 Å². The molecule has 0 saturated carbocycles. The van der Waals surface area contributed by atoms with E-state index in [9.17, 15) is 4.79 Å². The summed E-state index contributed by atoms with van der Waals surface area (Å²) < 4.78 is 0. The Balaban J connectivity index is 2.10. The fourth-order valence-electron chi connectivity index (χ4n) is 2.73. The molecule has 104 valence electrons. The van der Waals surface area contributed by atoms with Gasteiger partial charge in [-0.1, -0.05) is 35.9 Å². The molecule has 5 nitrogen and oxygen atoms in total. The number of amides is 1. The molecule has 1 fully saturated rings. The zero-order chi connectivity index (χ0) is 14.1. The molecule has 0 bridgehead atoms. The highest BCUT2D eigenvalue weighted by atomic mass is 35.5. The maximum atomic E-state index is 12.0. The number of hydrogen-bond acceptors (Lipinski definition) is 4. The van der Waals surface area contributed by atoms with E-state index in [1.807, 2.05) is 29.2 Å². The van der Waals surface area contributed by atoms with Crippen LogP contribution < -0.4 is 10.2 Å². The summed E-state index contributed by atoms with van der Waals surface area (Å²) in [4.78, 5) is 14.0. The smallest absolute Gasteiger partial charge is 0.242 e. The zero-order valence-electron chi connectivity index (χ0n) is 11.1. The van der Waals surface area contributed by atoms with E-state index < -0.39 is 0 Å². The number of aromatic nitrogens is 2. The van der Waals surface area contributed by atoms with Crippen molar-refractivity contribution in [1.29, 1.82) is 0 Å². The lowest BCUT2D eigenvalue weighted by Gasteiger charge is -2.25. The molecule has 1 aromatic heterocycles. The number of hydrogen-bond donors (Lipinski definition) is 1. The molecule has 6 heteroatoms. The first-order chi connectivity index (χ1) is 9.72. The largest absolute Gasteiger partial charge is 0.357 e. The Morgan fingerprint density at radius 1 is 1.35 bits per heavy atom. The summed E-state index contributed by atoms with van der Waals surface area (Å²) in [7, 11) is 1.66. The minimum atomic E-state index is -0.182. The molecule has 1 aliphatic rings. The topological polar surface area (TPSA) is 58.1 Å². The molecule has 0 spiro atoms. The molecule has 2 aromatic rings. The number of likely N-dealkylation sites (N-methyl/N-ethyl adjacent to an activating group) is 1. The van der Waals surface area contributed by atoms with Crippen molar-refractivity contribution in [3.63, 3.8) is 0 Å². The Morgan fingerprint density at radius 2 is 2.10 bits per heavy atom. The third kappa shape index (κ3) is 2.08. The van der Waals surface area contributed by atoms with Crippen molar-refractivity contribution in [2.75, 3.05) is 18.5 Å². The third-order valence-corrected chi connectivity index (χ3v) is 3.98. The minimum Gasteiger partial charge on any atom is -0.357 e. The minimum absolute atomic E-state index is 0.0170. The number of nitrogens with one attached hydrogen (secondary N) is 1. The van der Waals surface area contributed by atoms with Gasteiger partial charge in [-0.3, -0.25) is 4.79 Å². The lowest BCUT2D eigenvalue weighted by Crippen LogP contribution is -2.42. The maximum absolute atomic E-state index is 12.0. The quantitative estimate of drug-likeness (QED) is 0.919. The second-order valence-corrected chi connectivity index (χ2v) is 5.18. The van der Waals surface area contributed by atoms with Crippen molar-refractivity contribution in [2.24, 2.45) is 0 Å². The van der Waals surface area contributed by atoms with E-state index >= 15 is 0 Å². The lowest BCUT2D eigenvalue weighted by molar-refractivity contribution is -0.121. The van der Waals surface area contributed by atoms with Crippen LogP contribution in [0, 0.1) is 0 Å². The fraction of sp³-hybridized carbons (Fsp3) is 0.357. The molecule has 1 atom stereocenters. The van der Waals surface area contributed by atoms with Gasteiger partial charge in [0, 0.05) is 24.4 Å². The molecule has 20 heavy (non-hydrogen) atoms. The predicted octanol–water partition coefficient (Wildman–Crippen LogP) is 2.00. The SMILES string of the molecule is CNC(=O)C1CCCN1c1nnc(Cl)c2ccccc12. The first-order valence-electron chi connectivity index (χ1n) is 6.61. The first-order valence-corrected chi connectivity index (χ1v) is 6.99. The van der Waals surface area contributed by atoms with Crippen LogP contribution in [0.1, 0.15) is 12.8 Å². The fourth-order valence-corrected chi connectivity index (χ4v) is 2.93. The van der Waals surface area contributed by atoms with E-state index in [0.717, 1.165) is 36.0 Å². The van der Waals surface area contributed by atoms with Crippen LogP contribution >= 0.6 is 11.6 Å². The summed E-state index contributed by atoms with van der Waals surface area (Å²) in [6, 6.07) is 7.55. The van der Waals surface area contributed by atoms with E-state index in [0.29, 0.717) is 5.15 Å². The molecule has 1 unspecified atom stereocenters. The van der Waals surface area contributed by atoms with Crippen LogP contribution in [0.5, 0.6) is 0 Å². The van der Waals surface area contributed by atoms with Crippen LogP contribution in [0.3, 0.4) is 0 Å². The number of benzene rings is 1. The highest BCUT2D eigenvalue weighted by Gasteiger charge is 2.32. The molecule has 1 aromatic carbocycles. The van der Waals surface area contributed by atoms with Gasteiger partial charge < -0.3 is 10.2 Å². The Kier molecular flexibility index (Phi) is 3.44. The van der Waals surface area contributed by atoms with Crippen molar-refractivity contribution in [3.05, 3.63) is 29.4 Å². The van der Waals surface area contributed by atoms with Crippen LogP contribution in [0.15, 0.2) is 24.3 Å². The van der Waals surface area contributed by atoms with Gasteiger partial charge in [0.1, 0.15) is 6.04 Å². The van der Waals surface area contributed by atoms with Gasteiger partial charge in [-0.15, -0.1) is 10.2 Å². The van der Waals surface area contributed by atoms with Gasteiger partial charge in [0.25, 0.3) is 0 Å². The monoisotopic (exact) mass is 290 g/mol. The number of nitrogens with zero attached hydrogens (tertiary/aromatic N) is 3. The summed E-state index contributed by atoms with van der Waals surface area (Å²) in [6.45, 7) is 0.804. The van der Waals surface area contributed by atoms with Gasteiger partial charge in [0.2, 0.25) is 5.91 Å². The molecule has 0 radical (unpaired) electrons. The molecule has 3 rings (SSSR count). The van der Waals surface area contributed by atoms with Crippen LogP contribution in [0.4, 0.5) is 5.82 Å². The van der Waals surface area contributed by atoms with Crippen LogP contribution in [-0.2, 0) is 4.79 Å². The number of halogens is 1. The molecule has 1 N–H and O–H groups in total. The maximum Gasteiger partial charge on any atom is 0.242 e. The number of carbonyl (C=O) groups is 1. The zero-order valence-corrected chi connectivity index (χ0v) is 11.9. The Bertz CT molecular complexity index is 661. The molecule has 1 amide bonds. The van der Waals surface area contributed by atoms with E-state index in [1.165, 1.54) is 0 Å². The number of anilines is 1. The Hall–Kier alpha value is -1.88. The van der Waals surface area contributed by atoms with E-state index in [1.54, 1.807) is 7.05 Å². The standard InChI is InChI=1S/C14H15ClN4O/c1-16-14(20)11-7-4-8-19(11)13-10-6-3-2-5-9(10)12(15)17-18-13/h2-3,5-6,11H,4,7-8H2,1H3,(H,16,20). The van der Waals surface area contributed by atoms with Gasteiger partial charge in [-0.2, -0.15) is 0 Å². The summed E-state index contributed by atoms with van der Waals surface area (Å²) in [5.41, 5.74) is 0. The van der Waals surface area contributed by atoms with Crippen LogP contribution in [-0.4, -0.2) is 35.7 Å². The van der Waals surface area contributed by atoms with Gasteiger partial charge >= 0.3 is 0 Å². The average molecular weight is 291 g/mol. The average Bonchev–Trinajstić information content (AvgIpc) is 2.96. The Labute approximate surface area is 121 Å². The van der Waals surface area contributed by atoms with Gasteiger partial charge in [-0.05, 0) is 12.8 Å². The van der Waals surface area contributed by atoms with Gasteiger partial charge in [0.15, 0.2) is 11.0 Å². The number of fused-ring (bicyclic) bond motifs is 1. The summed E-state index contributed by atoms with van der Waals surface area (Å²) in [5.74, 6) is 0.749. The second-order valence-electron chi connectivity index (χ2n) is 4.83. The van der Waals surface area contributed by atoms with E-state index in [4.69, 9.17) is 11.6 Å². The molecule has 0 aliphatic carbocycles. The van der Waals surface area contributed by atoms with Crippen molar-refractivity contribution >= 4 is 34.1 Å². The highest BCUT2D eigenvalue weighted by Crippen LogP contribution is 2.32. The number of rotatable bonds is 2. The predicted molar refractivity (Wildman–Crippen MR) is 79.0 cm³/mol. The van der Waals surface area contributed by atoms with Crippen molar-refractivity contribution in [1.82, 2.24) is 15.5 Å². The van der Waals surface area contributed by atoms with Crippen molar-refractivity contribution < 1.29 is 4.79 Å². The molecular weight excluding hydrogens is 276 g/mol. The normalized spacial score (nSPS) is 18.5. The van der Waals surface area contributed by atoms with Gasteiger partial charge in [0.05, 0.1) is 0 Å². The lowest BCUT2D eigenvalue weighted by atomic mass is 10.1. The Morgan fingerprint density at radius 3 is 2.85 bits per heavy atom. The molecule has 2 heterocycles. The molecular formula is C14H15ClN4O. The summed E-state index contributed by atoms with van der Waals surface area (Å²) >= 11 is 6.09. The molecule has 1 aliphatic heterocycles. The summed E-state index contributed by atoms with van der Waals surface area (Å²) in [5, 5.41) is 13.1. The third-order valence-electron chi connectivity index (χ3n) is 3.70. The first kappa shape index (κ1) is 13.1. The summed E-state index contributed by atoms with van der Waals surface area (Å²) in [6.07, 6.45) is 1.80. The second kappa shape index (κ2) is 5.25.